The van der Waals surface area contributed by atoms with E-state index < -0.39 is 19.9 Å². The molecule has 0 fully saturated rings. The third-order valence-electron chi connectivity index (χ3n) is 1.65. The van der Waals surface area contributed by atoms with Crippen molar-refractivity contribution in [1.29, 1.82) is 0 Å². The number of hydrogen-bond acceptors (Lipinski definition) is 5. The molecule has 0 unspecified atom stereocenters. The van der Waals surface area contributed by atoms with E-state index in [0.29, 0.717) is 0 Å². The van der Waals surface area contributed by atoms with E-state index in [9.17, 15) is 18.5 Å². The lowest BCUT2D eigenvalue weighted by Gasteiger charge is -2.02. The van der Waals surface area contributed by atoms with Gasteiger partial charge in [-0.05, 0) is 6.07 Å². The van der Waals surface area contributed by atoms with Crippen molar-refractivity contribution in [1.82, 2.24) is 0 Å². The maximum atomic E-state index is 10.7. The van der Waals surface area contributed by atoms with Crippen molar-refractivity contribution in [2.24, 2.45) is 0 Å². The van der Waals surface area contributed by atoms with Crippen LogP contribution in [0.3, 0.4) is 0 Å². The summed E-state index contributed by atoms with van der Waals surface area (Å²) >= 11 is 0. The largest absolute Gasteiger partial charge is 0.490 e. The molecule has 0 spiro atoms. The zero-order chi connectivity index (χ0) is 11.6. The van der Waals surface area contributed by atoms with Crippen molar-refractivity contribution in [3.05, 3.63) is 28.3 Å². The van der Waals surface area contributed by atoms with Gasteiger partial charge in [0.15, 0.2) is 5.75 Å². The maximum absolute atomic E-state index is 10.7. The van der Waals surface area contributed by atoms with Crippen LogP contribution in [0.4, 0.5) is 5.69 Å². The summed E-state index contributed by atoms with van der Waals surface area (Å²) in [6.45, 7) is 0. The quantitative estimate of drug-likeness (QED) is 0.471. The Bertz CT molecular complexity index is 494. The first-order valence-corrected chi connectivity index (χ1v) is 5.10. The Hall–Kier alpha value is -1.67. The molecule has 0 atom stereocenters. The highest BCUT2D eigenvalue weighted by molar-refractivity contribution is 7.85. The molecule has 0 aliphatic heterocycles. The Morgan fingerprint density at radius 2 is 2.07 bits per heavy atom. The molecule has 1 aromatic carbocycles. The first kappa shape index (κ1) is 11.4. The number of rotatable bonds is 3. The van der Waals surface area contributed by atoms with Crippen molar-refractivity contribution in [2.75, 3.05) is 7.11 Å². The van der Waals surface area contributed by atoms with Gasteiger partial charge in [-0.2, -0.15) is 8.42 Å². The summed E-state index contributed by atoms with van der Waals surface area (Å²) in [5, 5.41) is 10.5. The summed E-state index contributed by atoms with van der Waals surface area (Å²) in [6, 6.07) is 2.76. The highest BCUT2D eigenvalue weighted by Crippen LogP contribution is 2.28. The van der Waals surface area contributed by atoms with Crippen molar-refractivity contribution >= 4 is 15.8 Å². The molecule has 0 aromatic heterocycles. The van der Waals surface area contributed by atoms with Crippen LogP contribution in [0.15, 0.2) is 23.1 Å². The minimum atomic E-state index is -4.38. The van der Waals surface area contributed by atoms with Crippen LogP contribution < -0.4 is 4.74 Å². The monoisotopic (exact) mass is 233 g/mol. The molecule has 1 aromatic rings. The Labute approximate surface area is 85.2 Å². The van der Waals surface area contributed by atoms with Crippen LogP contribution in [-0.4, -0.2) is 25.0 Å². The molecule has 0 heterocycles. The summed E-state index contributed by atoms with van der Waals surface area (Å²) in [5.41, 5.74) is -0.370. The molecule has 7 nitrogen and oxygen atoms in total. The molecule has 1 N–H and O–H groups in total. The van der Waals surface area contributed by atoms with Gasteiger partial charge in [-0.3, -0.25) is 14.7 Å². The first-order chi connectivity index (χ1) is 6.86. The molecular formula is C7H7NO6S. The second kappa shape index (κ2) is 3.83. The van der Waals surface area contributed by atoms with Crippen LogP contribution in [0.1, 0.15) is 0 Å². The minimum absolute atomic E-state index is 0.227. The van der Waals surface area contributed by atoms with E-state index in [-0.39, 0.29) is 11.4 Å². The van der Waals surface area contributed by atoms with Gasteiger partial charge in [0.2, 0.25) is 0 Å². The fourth-order valence-corrected chi connectivity index (χ4v) is 1.47. The average Bonchev–Trinajstić information content (AvgIpc) is 2.15. The Kier molecular flexibility index (Phi) is 2.91. The fourth-order valence-electron chi connectivity index (χ4n) is 0.969. The molecule has 0 radical (unpaired) electrons. The van der Waals surface area contributed by atoms with Crippen LogP contribution in [0, 0.1) is 10.1 Å². The lowest BCUT2D eigenvalue weighted by atomic mass is 10.3. The molecule has 0 saturated carbocycles. The SMILES string of the molecule is COc1cc(S(=O)(=O)O)ccc1[N+](=O)[O-]. The van der Waals surface area contributed by atoms with Crippen LogP contribution >= 0.6 is 0 Å². The number of methoxy groups -OCH3 is 1. The highest BCUT2D eigenvalue weighted by Gasteiger charge is 2.19. The lowest BCUT2D eigenvalue weighted by molar-refractivity contribution is -0.385. The van der Waals surface area contributed by atoms with Gasteiger partial charge in [-0.1, -0.05) is 0 Å². The smallest absolute Gasteiger partial charge is 0.310 e. The molecule has 1 rings (SSSR count). The third kappa shape index (κ3) is 2.42. The number of hydrogen-bond donors (Lipinski definition) is 1. The first-order valence-electron chi connectivity index (χ1n) is 3.66. The summed E-state index contributed by atoms with van der Waals surface area (Å²) in [4.78, 5) is 9.29. The van der Waals surface area contributed by atoms with Crippen LogP contribution in [0.2, 0.25) is 0 Å². The van der Waals surface area contributed by atoms with E-state index in [1.807, 2.05) is 0 Å². The van der Waals surface area contributed by atoms with Gasteiger partial charge >= 0.3 is 5.69 Å². The van der Waals surface area contributed by atoms with Crippen LogP contribution in [0.25, 0.3) is 0 Å². The van der Waals surface area contributed by atoms with Gasteiger partial charge in [0.05, 0.1) is 16.9 Å². The average molecular weight is 233 g/mol. The maximum Gasteiger partial charge on any atom is 0.310 e. The van der Waals surface area contributed by atoms with E-state index in [2.05, 4.69) is 4.74 Å². The van der Waals surface area contributed by atoms with E-state index in [0.717, 1.165) is 25.3 Å². The molecule has 82 valence electrons. The molecule has 0 bridgehead atoms. The Balaban J connectivity index is 3.38. The molecular weight excluding hydrogens is 226 g/mol. The van der Waals surface area contributed by atoms with Gasteiger partial charge in [0, 0.05) is 12.1 Å². The van der Waals surface area contributed by atoms with Crippen molar-refractivity contribution in [2.45, 2.75) is 4.90 Å². The molecule has 0 amide bonds. The normalized spacial score (nSPS) is 11.1. The summed E-state index contributed by atoms with van der Waals surface area (Å²) in [6.07, 6.45) is 0. The van der Waals surface area contributed by atoms with Gasteiger partial charge in [-0.25, -0.2) is 0 Å². The number of ether oxygens (including phenoxy) is 1. The molecule has 0 aliphatic carbocycles. The molecule has 8 heteroatoms. The second-order valence-electron chi connectivity index (χ2n) is 2.57. The summed E-state index contributed by atoms with van der Waals surface area (Å²) in [5.74, 6) is -0.227. The van der Waals surface area contributed by atoms with Gasteiger partial charge < -0.3 is 4.74 Å². The highest BCUT2D eigenvalue weighted by atomic mass is 32.2. The van der Waals surface area contributed by atoms with Crippen LogP contribution in [-0.2, 0) is 10.1 Å². The van der Waals surface area contributed by atoms with E-state index in [1.165, 1.54) is 0 Å². The van der Waals surface area contributed by atoms with E-state index >= 15 is 0 Å². The predicted molar refractivity (Wildman–Crippen MR) is 49.5 cm³/mol. The zero-order valence-corrected chi connectivity index (χ0v) is 8.39. The molecule has 0 aliphatic rings. The Morgan fingerprint density at radius 1 is 1.47 bits per heavy atom. The number of nitro benzene ring substituents is 1. The zero-order valence-electron chi connectivity index (χ0n) is 7.58. The van der Waals surface area contributed by atoms with Crippen molar-refractivity contribution < 1.29 is 22.6 Å². The van der Waals surface area contributed by atoms with E-state index in [4.69, 9.17) is 4.55 Å². The topological polar surface area (TPSA) is 107 Å². The van der Waals surface area contributed by atoms with Gasteiger partial charge in [0.1, 0.15) is 0 Å². The van der Waals surface area contributed by atoms with Crippen LogP contribution in [0.5, 0.6) is 5.75 Å². The van der Waals surface area contributed by atoms with E-state index in [1.54, 1.807) is 0 Å². The van der Waals surface area contributed by atoms with Gasteiger partial charge in [0.25, 0.3) is 10.1 Å². The molecule has 15 heavy (non-hydrogen) atoms. The Morgan fingerprint density at radius 3 is 2.47 bits per heavy atom. The van der Waals surface area contributed by atoms with Crippen molar-refractivity contribution in [3.8, 4) is 5.75 Å². The van der Waals surface area contributed by atoms with Crippen molar-refractivity contribution in [3.63, 3.8) is 0 Å². The lowest BCUT2D eigenvalue weighted by Crippen LogP contribution is -2.00. The molecule has 0 saturated heterocycles. The summed E-state index contributed by atoms with van der Waals surface area (Å²) < 4.78 is 34.7. The second-order valence-corrected chi connectivity index (χ2v) is 3.99. The number of nitro groups is 1. The van der Waals surface area contributed by atoms with Gasteiger partial charge in [-0.15, -0.1) is 0 Å². The summed E-state index contributed by atoms with van der Waals surface area (Å²) in [7, 11) is -3.22. The standard InChI is InChI=1S/C7H7NO6S/c1-14-7-4-5(15(11,12)13)2-3-6(7)8(9)10/h2-4H,1H3,(H,11,12,13). The third-order valence-corrected chi connectivity index (χ3v) is 2.50. The fraction of sp³-hybridized carbons (Fsp3) is 0.143. The number of nitrogens with zero attached hydrogens (tertiary/aromatic N) is 1. The minimum Gasteiger partial charge on any atom is -0.490 e. The number of benzene rings is 1. The predicted octanol–water partition coefficient (Wildman–Crippen LogP) is 0.850.